The second-order valence-corrected chi connectivity index (χ2v) is 14.1. The summed E-state index contributed by atoms with van der Waals surface area (Å²) in [6, 6.07) is 6.54. The summed E-state index contributed by atoms with van der Waals surface area (Å²) in [4.78, 5) is 65.4. The lowest BCUT2D eigenvalue weighted by molar-refractivity contribution is -0.128. The van der Waals surface area contributed by atoms with Crippen molar-refractivity contribution in [1.29, 1.82) is 0 Å². The molecule has 53 heavy (non-hydrogen) atoms. The van der Waals surface area contributed by atoms with Gasteiger partial charge < -0.3 is 39.5 Å². The van der Waals surface area contributed by atoms with Crippen molar-refractivity contribution in [3.05, 3.63) is 42.4 Å². The van der Waals surface area contributed by atoms with Gasteiger partial charge in [0.2, 0.25) is 5.91 Å². The average molecular weight is 737 g/mol. The maximum atomic E-state index is 13.5. The molecule has 0 bridgehead atoms. The summed E-state index contributed by atoms with van der Waals surface area (Å²) in [6.45, 7) is 5.61. The summed E-state index contributed by atoms with van der Waals surface area (Å²) >= 11 is 0. The lowest BCUT2D eigenvalue weighted by Crippen LogP contribution is -2.50. The van der Waals surface area contributed by atoms with Gasteiger partial charge in [0, 0.05) is 59.4 Å². The van der Waals surface area contributed by atoms with E-state index >= 15 is 0 Å². The number of hydrogen-bond acceptors (Lipinski definition) is 11. The van der Waals surface area contributed by atoms with E-state index in [2.05, 4.69) is 43.8 Å². The Kier molecular flexibility index (Phi) is 15.7. The fourth-order valence-corrected chi connectivity index (χ4v) is 6.56. The molecule has 3 aromatic rings. The number of benzene rings is 1. The van der Waals surface area contributed by atoms with Crippen molar-refractivity contribution in [2.24, 2.45) is 5.92 Å². The van der Waals surface area contributed by atoms with Crippen molar-refractivity contribution in [1.82, 2.24) is 29.2 Å². The van der Waals surface area contributed by atoms with Crippen molar-refractivity contribution < 1.29 is 33.8 Å². The van der Waals surface area contributed by atoms with Crippen LogP contribution in [0.25, 0.3) is 11.0 Å². The van der Waals surface area contributed by atoms with E-state index in [0.717, 1.165) is 75.7 Å². The minimum atomic E-state index is -0.576. The van der Waals surface area contributed by atoms with E-state index < -0.39 is 6.09 Å². The normalized spacial score (nSPS) is 15.9. The van der Waals surface area contributed by atoms with Crippen LogP contribution in [-0.4, -0.2) is 126 Å². The van der Waals surface area contributed by atoms with Gasteiger partial charge in [-0.3, -0.25) is 14.2 Å². The van der Waals surface area contributed by atoms with Crippen LogP contribution in [-0.2, 0) is 25.7 Å². The molecule has 0 spiro atoms. The van der Waals surface area contributed by atoms with Crippen LogP contribution in [0.4, 0.5) is 21.1 Å². The fourth-order valence-electron chi connectivity index (χ4n) is 6.56. The van der Waals surface area contributed by atoms with Gasteiger partial charge in [-0.1, -0.05) is 45.1 Å². The van der Waals surface area contributed by atoms with Gasteiger partial charge in [0.25, 0.3) is 6.47 Å². The number of piperidine rings is 1. The summed E-state index contributed by atoms with van der Waals surface area (Å²) < 4.78 is 11.7. The van der Waals surface area contributed by atoms with Crippen molar-refractivity contribution >= 4 is 47.0 Å². The van der Waals surface area contributed by atoms with Gasteiger partial charge >= 0.3 is 12.1 Å². The number of rotatable bonds is 19. The lowest BCUT2D eigenvalue weighted by Gasteiger charge is -2.40. The number of fused-ring (bicyclic) bond motifs is 1. The number of likely N-dealkylation sites (tertiary alicyclic amines) is 1. The van der Waals surface area contributed by atoms with Crippen LogP contribution in [0, 0.1) is 5.92 Å². The molecule has 1 saturated heterocycles. The van der Waals surface area contributed by atoms with Crippen LogP contribution in [0.3, 0.4) is 0 Å². The summed E-state index contributed by atoms with van der Waals surface area (Å²) in [7, 11) is 7.45. The third-order valence-electron chi connectivity index (χ3n) is 9.96. The van der Waals surface area contributed by atoms with Crippen LogP contribution in [0.2, 0.25) is 0 Å². The number of unbranched alkanes of at least 4 members (excludes halogenated alkanes) is 6. The predicted molar refractivity (Wildman–Crippen MR) is 203 cm³/mol. The van der Waals surface area contributed by atoms with Crippen molar-refractivity contribution in [3.8, 4) is 5.75 Å². The number of likely N-dealkylation sites (N-methyl/N-ethyl adjacent to an activating group) is 4. The monoisotopic (exact) mass is 736 g/mol. The molecule has 3 heterocycles. The summed E-state index contributed by atoms with van der Waals surface area (Å²) in [5.41, 5.74) is 1.38. The third kappa shape index (κ3) is 11.8. The number of hydrogen-bond donors (Lipinski definition) is 2. The molecule has 2 N–H and O–H groups in total. The number of anilines is 2. The van der Waals surface area contributed by atoms with Crippen LogP contribution in [0.5, 0.6) is 5.75 Å². The van der Waals surface area contributed by atoms with Crippen molar-refractivity contribution in [3.63, 3.8) is 0 Å². The van der Waals surface area contributed by atoms with Crippen LogP contribution in [0.15, 0.2) is 36.8 Å². The molecule has 1 aliphatic heterocycles. The number of nitrogens with zero attached hydrogens (tertiary/aromatic N) is 7. The first-order chi connectivity index (χ1) is 25.5. The molecule has 15 nitrogen and oxygen atoms in total. The van der Waals surface area contributed by atoms with Crippen molar-refractivity contribution in [2.45, 2.75) is 77.4 Å². The molecule has 0 saturated carbocycles. The average Bonchev–Trinajstić information content (AvgIpc) is 3.59. The molecule has 0 aliphatic carbocycles. The Morgan fingerprint density at radius 3 is 2.47 bits per heavy atom. The molecule has 4 rings (SSSR count). The zero-order valence-corrected chi connectivity index (χ0v) is 31.8. The minimum Gasteiger partial charge on any atom is -0.506 e. The number of carbonyl (C=O) groups is 4. The standard InChI is InChI=1S/C38H56N8O7/c1-28-16-18-42(2)24-32(28)45(5)35-30-17-19-46(36(30)40-26-39-35)37(50)43(3)20-21-44(4)38(51)53-25-29-14-15-33(48)31(23-29)41-34(49)13-11-9-7-6-8-10-12-22-52-27-47/h14-15,17,19,23,26-28,32,48H,6-13,16,18,20-22,24-25H2,1-5H3,(H,41,49). The molecular formula is C38H56N8O7. The van der Waals surface area contributed by atoms with Gasteiger partial charge in [-0.15, -0.1) is 0 Å². The molecular weight excluding hydrogens is 680 g/mol. The highest BCUT2D eigenvalue weighted by Gasteiger charge is 2.30. The molecule has 2 atom stereocenters. The Morgan fingerprint density at radius 1 is 1.00 bits per heavy atom. The number of phenols is 1. The molecule has 0 radical (unpaired) electrons. The van der Waals surface area contributed by atoms with Crippen LogP contribution >= 0.6 is 0 Å². The molecule has 2 aromatic heterocycles. The summed E-state index contributed by atoms with van der Waals surface area (Å²) in [6.07, 6.45) is 10.7. The molecule has 1 aliphatic rings. The lowest BCUT2D eigenvalue weighted by atomic mass is 9.92. The number of amides is 3. The van der Waals surface area contributed by atoms with E-state index in [-0.39, 0.29) is 49.1 Å². The van der Waals surface area contributed by atoms with E-state index in [1.807, 2.05) is 13.1 Å². The first-order valence-corrected chi connectivity index (χ1v) is 18.5. The number of phenolic OH excluding ortho intramolecular Hbond substituents is 1. The van der Waals surface area contributed by atoms with Crippen LogP contribution in [0.1, 0.15) is 70.3 Å². The Morgan fingerprint density at radius 2 is 1.72 bits per heavy atom. The largest absolute Gasteiger partial charge is 0.506 e. The second kappa shape index (κ2) is 20.4. The Balaban J connectivity index is 1.21. The molecule has 2 unspecified atom stereocenters. The number of carbonyl (C=O) groups excluding carboxylic acids is 4. The maximum Gasteiger partial charge on any atom is 0.409 e. The molecule has 1 fully saturated rings. The maximum absolute atomic E-state index is 13.5. The van der Waals surface area contributed by atoms with E-state index in [4.69, 9.17) is 4.74 Å². The highest BCUT2D eigenvalue weighted by molar-refractivity contribution is 5.95. The third-order valence-corrected chi connectivity index (χ3v) is 9.96. The quantitative estimate of drug-likeness (QED) is 0.0932. The SMILES string of the molecule is CC1CCN(C)CC1N(C)c1ncnc2c1ccn2C(=O)N(C)CCN(C)C(=O)OCc1ccc(O)c(NC(=O)CCCCCCCCCOC=O)c1. The van der Waals surface area contributed by atoms with E-state index in [0.29, 0.717) is 36.6 Å². The molecule has 290 valence electrons. The van der Waals surface area contributed by atoms with Crippen molar-refractivity contribution in [2.75, 3.05) is 71.2 Å². The van der Waals surface area contributed by atoms with Gasteiger partial charge in [0.1, 0.15) is 24.5 Å². The number of nitrogens with one attached hydrogen (secondary N) is 1. The van der Waals surface area contributed by atoms with Gasteiger partial charge in [0.15, 0.2) is 5.65 Å². The topological polar surface area (TPSA) is 163 Å². The van der Waals surface area contributed by atoms with Gasteiger partial charge in [-0.2, -0.15) is 0 Å². The Labute approximate surface area is 312 Å². The Bertz CT molecular complexity index is 1670. The Hall–Kier alpha value is -4.92. The van der Waals surface area contributed by atoms with Gasteiger partial charge in [-0.25, -0.2) is 19.6 Å². The zero-order valence-electron chi connectivity index (χ0n) is 31.8. The number of aromatic nitrogens is 3. The smallest absolute Gasteiger partial charge is 0.409 e. The van der Waals surface area contributed by atoms with Gasteiger partial charge in [0.05, 0.1) is 17.7 Å². The van der Waals surface area contributed by atoms with Crippen LogP contribution < -0.4 is 10.2 Å². The zero-order chi connectivity index (χ0) is 38.3. The van der Waals surface area contributed by atoms with E-state index in [1.54, 1.807) is 32.4 Å². The minimum absolute atomic E-state index is 0.0654. The molecule has 15 heteroatoms. The summed E-state index contributed by atoms with van der Waals surface area (Å²) in [5, 5.41) is 13.8. The van der Waals surface area contributed by atoms with E-state index in [9.17, 15) is 24.3 Å². The summed E-state index contributed by atoms with van der Waals surface area (Å²) in [5.74, 6) is 1.01. The van der Waals surface area contributed by atoms with E-state index in [1.165, 1.54) is 26.8 Å². The predicted octanol–water partition coefficient (Wildman–Crippen LogP) is 5.31. The highest BCUT2D eigenvalue weighted by Crippen LogP contribution is 2.29. The van der Waals surface area contributed by atoms with Gasteiger partial charge in [-0.05, 0) is 62.5 Å². The number of ether oxygens (including phenoxy) is 2. The first-order valence-electron chi connectivity index (χ1n) is 18.5. The molecule has 1 aromatic carbocycles. The number of aromatic hydroxyl groups is 1. The highest BCUT2D eigenvalue weighted by atomic mass is 16.6. The first kappa shape index (κ1) is 40.8. The second-order valence-electron chi connectivity index (χ2n) is 14.1. The fraction of sp³-hybridized carbons (Fsp3) is 0.579. The molecule has 3 amide bonds.